The number of nitrogens with zero attached hydrogens (tertiary/aromatic N) is 1. The molecule has 1 aromatic rings. The molecule has 0 saturated carbocycles. The van der Waals surface area contributed by atoms with Crippen molar-refractivity contribution < 1.29 is 14.3 Å². The van der Waals surface area contributed by atoms with Gasteiger partial charge in [-0.3, -0.25) is 9.59 Å². The lowest BCUT2D eigenvalue weighted by Gasteiger charge is -2.33. The van der Waals surface area contributed by atoms with Crippen molar-refractivity contribution in [2.75, 3.05) is 26.2 Å². The van der Waals surface area contributed by atoms with Crippen LogP contribution in [0.3, 0.4) is 0 Å². The number of benzene rings is 1. The molecule has 1 aliphatic heterocycles. The van der Waals surface area contributed by atoms with Crippen LogP contribution in [0.15, 0.2) is 18.2 Å². The highest BCUT2D eigenvalue weighted by molar-refractivity contribution is 5.82. The zero-order valence-corrected chi connectivity index (χ0v) is 15.8. The first kappa shape index (κ1) is 19.3. The van der Waals surface area contributed by atoms with Gasteiger partial charge >= 0.3 is 0 Å². The van der Waals surface area contributed by atoms with E-state index in [4.69, 9.17) is 4.74 Å². The fourth-order valence-electron chi connectivity index (χ4n) is 3.25. The summed E-state index contributed by atoms with van der Waals surface area (Å²) in [5.74, 6) is 0.912. The van der Waals surface area contributed by atoms with Crippen LogP contribution >= 0.6 is 0 Å². The number of hydrogen-bond acceptors (Lipinski definition) is 3. The summed E-state index contributed by atoms with van der Waals surface area (Å²) in [5.41, 5.74) is 2.20. The van der Waals surface area contributed by atoms with Gasteiger partial charge in [0, 0.05) is 19.0 Å². The van der Waals surface area contributed by atoms with Crippen LogP contribution in [0.1, 0.15) is 37.8 Å². The molecule has 0 bridgehead atoms. The van der Waals surface area contributed by atoms with Crippen molar-refractivity contribution in [3.63, 3.8) is 0 Å². The first-order chi connectivity index (χ1) is 11.9. The zero-order chi connectivity index (χ0) is 18.4. The number of amides is 2. The van der Waals surface area contributed by atoms with Gasteiger partial charge in [0.1, 0.15) is 12.4 Å². The molecule has 25 heavy (non-hydrogen) atoms. The van der Waals surface area contributed by atoms with Crippen LogP contribution in [-0.2, 0) is 9.59 Å². The highest BCUT2D eigenvalue weighted by Gasteiger charge is 2.29. The van der Waals surface area contributed by atoms with Crippen molar-refractivity contribution >= 4 is 11.8 Å². The Kier molecular flexibility index (Phi) is 6.85. The van der Waals surface area contributed by atoms with Gasteiger partial charge in [-0.25, -0.2) is 0 Å². The van der Waals surface area contributed by atoms with Gasteiger partial charge in [0.2, 0.25) is 11.8 Å². The third kappa shape index (κ3) is 5.21. The van der Waals surface area contributed by atoms with E-state index in [1.54, 1.807) is 0 Å². The number of piperidine rings is 1. The van der Waals surface area contributed by atoms with E-state index in [9.17, 15) is 9.59 Å². The maximum Gasteiger partial charge on any atom is 0.225 e. The molecule has 5 nitrogen and oxygen atoms in total. The number of aryl methyl sites for hydroxylation is 2. The molecule has 0 unspecified atom stereocenters. The molecule has 0 radical (unpaired) electrons. The molecule has 0 aliphatic carbocycles. The molecule has 0 spiro atoms. The van der Waals surface area contributed by atoms with E-state index in [1.807, 2.05) is 50.8 Å². The maximum absolute atomic E-state index is 12.4. The molecule has 1 aliphatic rings. The van der Waals surface area contributed by atoms with Gasteiger partial charge in [-0.15, -0.1) is 0 Å². The summed E-state index contributed by atoms with van der Waals surface area (Å²) < 4.78 is 5.82. The normalized spacial score (nSPS) is 17.5. The Balaban J connectivity index is 1.77. The van der Waals surface area contributed by atoms with E-state index in [-0.39, 0.29) is 23.7 Å². The molecular formula is C20H30N2O3. The summed E-state index contributed by atoms with van der Waals surface area (Å²) in [6, 6.07) is 6.04. The third-order valence-corrected chi connectivity index (χ3v) is 4.65. The summed E-state index contributed by atoms with van der Waals surface area (Å²) in [6.45, 7) is 10.0. The van der Waals surface area contributed by atoms with Crippen LogP contribution < -0.4 is 10.1 Å². The lowest BCUT2D eigenvalue weighted by molar-refractivity contribution is -0.138. The molecule has 0 aromatic heterocycles. The monoisotopic (exact) mass is 346 g/mol. The average Bonchev–Trinajstić information content (AvgIpc) is 2.59. The first-order valence-corrected chi connectivity index (χ1v) is 9.15. The molecule has 1 fully saturated rings. The smallest absolute Gasteiger partial charge is 0.225 e. The molecular weight excluding hydrogens is 316 g/mol. The molecule has 1 atom stereocenters. The quantitative estimate of drug-likeness (QED) is 0.806. The van der Waals surface area contributed by atoms with Crippen LogP contribution in [0.5, 0.6) is 5.75 Å². The third-order valence-electron chi connectivity index (χ3n) is 4.65. The van der Waals surface area contributed by atoms with Crippen molar-refractivity contribution in [1.82, 2.24) is 10.2 Å². The number of carbonyl (C=O) groups excluding carboxylic acids is 2. The Bertz CT molecular complexity index is 593. The van der Waals surface area contributed by atoms with Gasteiger partial charge in [-0.05, 0) is 37.8 Å². The fourth-order valence-corrected chi connectivity index (χ4v) is 3.25. The summed E-state index contributed by atoms with van der Waals surface area (Å²) >= 11 is 0. The Labute approximate surface area is 150 Å². The number of likely N-dealkylation sites (tertiary alicyclic amines) is 1. The number of ether oxygens (including phenoxy) is 1. The second-order valence-electron chi connectivity index (χ2n) is 7.14. The van der Waals surface area contributed by atoms with Crippen LogP contribution in [0.2, 0.25) is 0 Å². The Hall–Kier alpha value is -2.04. The van der Waals surface area contributed by atoms with E-state index in [0.29, 0.717) is 19.7 Å². The topological polar surface area (TPSA) is 58.6 Å². The predicted octanol–water partition coefficient (Wildman–Crippen LogP) is 2.69. The number of nitrogens with one attached hydrogen (secondary N) is 1. The van der Waals surface area contributed by atoms with Crippen molar-refractivity contribution in [2.45, 2.75) is 40.5 Å². The van der Waals surface area contributed by atoms with Gasteiger partial charge < -0.3 is 15.0 Å². The molecule has 5 heteroatoms. The maximum atomic E-state index is 12.4. The lowest BCUT2D eigenvalue weighted by Crippen LogP contribution is -2.47. The minimum Gasteiger partial charge on any atom is -0.491 e. The van der Waals surface area contributed by atoms with Crippen molar-refractivity contribution in [3.8, 4) is 5.75 Å². The number of rotatable bonds is 6. The van der Waals surface area contributed by atoms with Crippen LogP contribution in [0, 0.1) is 25.7 Å². The highest BCUT2D eigenvalue weighted by atomic mass is 16.5. The lowest BCUT2D eigenvalue weighted by atomic mass is 9.96. The summed E-state index contributed by atoms with van der Waals surface area (Å²) in [4.78, 5) is 26.3. The molecule has 1 aromatic carbocycles. The van der Waals surface area contributed by atoms with Crippen molar-refractivity contribution in [1.29, 1.82) is 0 Å². The fraction of sp³-hybridized carbons (Fsp3) is 0.600. The molecule has 138 valence electrons. The van der Waals surface area contributed by atoms with Crippen molar-refractivity contribution in [3.05, 3.63) is 29.3 Å². The highest BCUT2D eigenvalue weighted by Crippen LogP contribution is 2.22. The zero-order valence-electron chi connectivity index (χ0n) is 15.8. The van der Waals surface area contributed by atoms with E-state index in [1.165, 1.54) is 0 Å². The SMILES string of the molecule is Cc1cccc(C)c1OCCNC(=O)[C@@H]1CCCN(C(=O)C(C)C)C1. The predicted molar refractivity (Wildman–Crippen MR) is 98.6 cm³/mol. The minimum absolute atomic E-state index is 0.0198. The van der Waals surface area contributed by atoms with E-state index < -0.39 is 0 Å². The summed E-state index contributed by atoms with van der Waals surface area (Å²) in [6.07, 6.45) is 1.72. The summed E-state index contributed by atoms with van der Waals surface area (Å²) in [7, 11) is 0. The number of para-hydroxylation sites is 1. The summed E-state index contributed by atoms with van der Waals surface area (Å²) in [5, 5.41) is 2.95. The second kappa shape index (κ2) is 8.88. The Morgan fingerprint density at radius 2 is 1.96 bits per heavy atom. The van der Waals surface area contributed by atoms with Gasteiger partial charge in [-0.1, -0.05) is 32.0 Å². The number of carbonyl (C=O) groups is 2. The van der Waals surface area contributed by atoms with Crippen LogP contribution in [0.4, 0.5) is 0 Å². The Morgan fingerprint density at radius 3 is 2.60 bits per heavy atom. The molecule has 2 amide bonds. The Morgan fingerprint density at radius 1 is 1.28 bits per heavy atom. The van der Waals surface area contributed by atoms with Gasteiger partial charge in [0.05, 0.1) is 12.5 Å². The van der Waals surface area contributed by atoms with Gasteiger partial charge in [0.25, 0.3) is 0 Å². The largest absolute Gasteiger partial charge is 0.491 e. The van der Waals surface area contributed by atoms with Crippen LogP contribution in [-0.4, -0.2) is 43.0 Å². The number of hydrogen-bond donors (Lipinski definition) is 1. The van der Waals surface area contributed by atoms with E-state index in [2.05, 4.69) is 5.32 Å². The molecule has 2 rings (SSSR count). The first-order valence-electron chi connectivity index (χ1n) is 9.15. The van der Waals surface area contributed by atoms with Crippen molar-refractivity contribution in [2.24, 2.45) is 11.8 Å². The van der Waals surface area contributed by atoms with Gasteiger partial charge in [-0.2, -0.15) is 0 Å². The van der Waals surface area contributed by atoms with Gasteiger partial charge in [0.15, 0.2) is 0 Å². The molecule has 1 N–H and O–H groups in total. The van der Waals surface area contributed by atoms with E-state index >= 15 is 0 Å². The molecule has 1 heterocycles. The second-order valence-corrected chi connectivity index (χ2v) is 7.14. The van der Waals surface area contributed by atoms with E-state index in [0.717, 1.165) is 36.3 Å². The average molecular weight is 346 g/mol. The standard InChI is InChI=1S/C20H30N2O3/c1-14(2)20(24)22-11-6-9-17(13-22)19(23)21-10-12-25-18-15(3)7-5-8-16(18)4/h5,7-8,14,17H,6,9-13H2,1-4H3,(H,21,23)/t17-/m1/s1. The van der Waals surface area contributed by atoms with Crippen LogP contribution in [0.25, 0.3) is 0 Å². The minimum atomic E-state index is -0.114. The molecule has 1 saturated heterocycles.